The molecule has 1 aromatic heterocycles. The van der Waals surface area contributed by atoms with Crippen LogP contribution >= 0.6 is 15.9 Å². The summed E-state index contributed by atoms with van der Waals surface area (Å²) in [5.41, 5.74) is 0.869. The minimum Gasteiger partial charge on any atom is -0.468 e. The van der Waals surface area contributed by atoms with Gasteiger partial charge in [-0.1, -0.05) is 15.9 Å². The van der Waals surface area contributed by atoms with E-state index < -0.39 is 16.1 Å². The Labute approximate surface area is 121 Å². The molecule has 0 saturated heterocycles. The van der Waals surface area contributed by atoms with Gasteiger partial charge < -0.3 is 4.42 Å². The Morgan fingerprint density at radius 2 is 2.05 bits per heavy atom. The molecule has 2 rings (SSSR count). The monoisotopic (exact) mass is 343 g/mol. The van der Waals surface area contributed by atoms with E-state index in [0.717, 1.165) is 10.0 Å². The molecule has 0 amide bonds. The van der Waals surface area contributed by atoms with Crippen LogP contribution in [0.5, 0.6) is 0 Å². The van der Waals surface area contributed by atoms with E-state index in [-0.39, 0.29) is 4.90 Å². The predicted molar refractivity (Wildman–Crippen MR) is 76.3 cm³/mol. The van der Waals surface area contributed by atoms with E-state index in [1.165, 1.54) is 6.26 Å². The summed E-state index contributed by atoms with van der Waals surface area (Å²) in [5.74, 6) is 0.581. The minimum absolute atomic E-state index is 0.242. The molecule has 1 heterocycles. The summed E-state index contributed by atoms with van der Waals surface area (Å²) in [5, 5.41) is 0. The Balaban J connectivity index is 2.25. The molecule has 0 aliphatic carbocycles. The number of benzene rings is 1. The maximum Gasteiger partial charge on any atom is 0.241 e. The fourth-order valence-electron chi connectivity index (χ4n) is 1.68. The number of sulfonamides is 1. The standard InChI is InChI=1S/C13H14BrNO3S/c1-9-8-11(5-6-12(9)14)19(16,17)15-10(2)13-4-3-7-18-13/h3-8,10,15H,1-2H3. The van der Waals surface area contributed by atoms with Crippen molar-refractivity contribution < 1.29 is 12.8 Å². The van der Waals surface area contributed by atoms with Gasteiger partial charge in [-0.15, -0.1) is 0 Å². The molecule has 0 radical (unpaired) electrons. The second-order valence-electron chi connectivity index (χ2n) is 4.27. The van der Waals surface area contributed by atoms with Crippen molar-refractivity contribution >= 4 is 26.0 Å². The van der Waals surface area contributed by atoms with Crippen LogP contribution in [0.1, 0.15) is 24.3 Å². The van der Waals surface area contributed by atoms with Crippen molar-refractivity contribution in [2.45, 2.75) is 24.8 Å². The van der Waals surface area contributed by atoms with E-state index in [2.05, 4.69) is 20.7 Å². The number of rotatable bonds is 4. The lowest BCUT2D eigenvalue weighted by atomic mass is 10.2. The summed E-state index contributed by atoms with van der Waals surface area (Å²) in [6.07, 6.45) is 1.52. The van der Waals surface area contributed by atoms with E-state index in [9.17, 15) is 8.42 Å². The van der Waals surface area contributed by atoms with Gasteiger partial charge in [0.25, 0.3) is 0 Å². The van der Waals surface area contributed by atoms with Gasteiger partial charge in [-0.25, -0.2) is 13.1 Å². The maximum atomic E-state index is 12.2. The van der Waals surface area contributed by atoms with Gasteiger partial charge in [-0.05, 0) is 49.7 Å². The lowest BCUT2D eigenvalue weighted by Gasteiger charge is -2.12. The molecule has 4 nitrogen and oxygen atoms in total. The number of furan rings is 1. The van der Waals surface area contributed by atoms with E-state index >= 15 is 0 Å². The highest BCUT2D eigenvalue weighted by molar-refractivity contribution is 9.10. The van der Waals surface area contributed by atoms with Gasteiger partial charge in [-0.3, -0.25) is 0 Å². The lowest BCUT2D eigenvalue weighted by Crippen LogP contribution is -2.26. The van der Waals surface area contributed by atoms with Crippen molar-refractivity contribution in [2.75, 3.05) is 0 Å². The summed E-state index contributed by atoms with van der Waals surface area (Å²) < 4.78 is 33.1. The first-order chi connectivity index (χ1) is 8.90. The van der Waals surface area contributed by atoms with Crippen molar-refractivity contribution in [1.29, 1.82) is 0 Å². The molecule has 0 saturated carbocycles. The number of hydrogen-bond donors (Lipinski definition) is 1. The molecule has 1 N–H and O–H groups in total. The zero-order valence-electron chi connectivity index (χ0n) is 10.6. The highest BCUT2D eigenvalue weighted by Gasteiger charge is 2.20. The van der Waals surface area contributed by atoms with Gasteiger partial charge in [0.05, 0.1) is 17.2 Å². The minimum atomic E-state index is -3.56. The molecule has 102 valence electrons. The number of hydrogen-bond acceptors (Lipinski definition) is 3. The molecule has 1 aromatic carbocycles. The van der Waals surface area contributed by atoms with Crippen LogP contribution in [0.25, 0.3) is 0 Å². The van der Waals surface area contributed by atoms with Crippen LogP contribution in [-0.2, 0) is 10.0 Å². The molecule has 19 heavy (non-hydrogen) atoms. The average molecular weight is 344 g/mol. The van der Waals surface area contributed by atoms with Crippen LogP contribution in [0.3, 0.4) is 0 Å². The number of aryl methyl sites for hydroxylation is 1. The fraction of sp³-hybridized carbons (Fsp3) is 0.231. The first-order valence-corrected chi connectivity index (χ1v) is 7.99. The quantitative estimate of drug-likeness (QED) is 0.925. The van der Waals surface area contributed by atoms with E-state index in [0.29, 0.717) is 5.76 Å². The molecule has 0 aliphatic rings. The van der Waals surface area contributed by atoms with Crippen LogP contribution in [0, 0.1) is 6.92 Å². The largest absolute Gasteiger partial charge is 0.468 e. The molecule has 6 heteroatoms. The molecule has 0 aliphatic heterocycles. The van der Waals surface area contributed by atoms with Gasteiger partial charge >= 0.3 is 0 Å². The predicted octanol–water partition coefficient (Wildman–Crippen LogP) is 3.39. The van der Waals surface area contributed by atoms with Crippen LogP contribution in [0.4, 0.5) is 0 Å². The highest BCUT2D eigenvalue weighted by Crippen LogP contribution is 2.22. The number of halogens is 1. The average Bonchev–Trinajstić information content (AvgIpc) is 2.85. The Hall–Kier alpha value is -1.11. The molecule has 0 fully saturated rings. The van der Waals surface area contributed by atoms with Crippen LogP contribution in [0.15, 0.2) is 50.4 Å². The molecule has 0 spiro atoms. The summed E-state index contributed by atoms with van der Waals surface area (Å²) in [4.78, 5) is 0.242. The molecular weight excluding hydrogens is 330 g/mol. The van der Waals surface area contributed by atoms with E-state index in [1.54, 1.807) is 37.3 Å². The molecule has 0 bridgehead atoms. The topological polar surface area (TPSA) is 59.3 Å². The molecule has 1 unspecified atom stereocenters. The fourth-order valence-corrected chi connectivity index (χ4v) is 3.22. The first-order valence-electron chi connectivity index (χ1n) is 5.72. The second-order valence-corrected chi connectivity index (χ2v) is 6.84. The SMILES string of the molecule is Cc1cc(S(=O)(=O)NC(C)c2ccco2)ccc1Br. The lowest BCUT2D eigenvalue weighted by molar-refractivity contribution is 0.459. The first kappa shape index (κ1) is 14.3. The number of nitrogens with one attached hydrogen (secondary N) is 1. The summed E-state index contributed by atoms with van der Waals surface area (Å²) in [6.45, 7) is 3.58. The Bertz CT molecular complexity index is 665. The highest BCUT2D eigenvalue weighted by atomic mass is 79.9. The van der Waals surface area contributed by atoms with Gasteiger partial charge in [-0.2, -0.15) is 0 Å². The summed E-state index contributed by atoms with van der Waals surface area (Å²) in [6, 6.07) is 7.96. The zero-order chi connectivity index (χ0) is 14.0. The smallest absolute Gasteiger partial charge is 0.241 e. The van der Waals surface area contributed by atoms with Crippen molar-refractivity contribution in [1.82, 2.24) is 4.72 Å². The Kier molecular flexibility index (Phi) is 4.13. The summed E-state index contributed by atoms with van der Waals surface area (Å²) in [7, 11) is -3.56. The molecular formula is C13H14BrNO3S. The van der Waals surface area contributed by atoms with Crippen LogP contribution in [0.2, 0.25) is 0 Å². The van der Waals surface area contributed by atoms with Crippen molar-refractivity contribution in [3.8, 4) is 0 Å². The molecule has 2 aromatic rings. The second kappa shape index (κ2) is 5.48. The third kappa shape index (κ3) is 3.26. The van der Waals surface area contributed by atoms with Gasteiger partial charge in [0, 0.05) is 4.47 Å². The van der Waals surface area contributed by atoms with Gasteiger partial charge in [0.15, 0.2) is 0 Å². The maximum absolute atomic E-state index is 12.2. The third-order valence-electron chi connectivity index (χ3n) is 2.74. The Morgan fingerprint density at radius 1 is 1.32 bits per heavy atom. The summed E-state index contributed by atoms with van der Waals surface area (Å²) >= 11 is 3.35. The van der Waals surface area contributed by atoms with E-state index in [1.807, 2.05) is 6.92 Å². The van der Waals surface area contributed by atoms with Crippen molar-refractivity contribution in [2.24, 2.45) is 0 Å². The zero-order valence-corrected chi connectivity index (χ0v) is 13.0. The van der Waals surface area contributed by atoms with Gasteiger partial charge in [0.2, 0.25) is 10.0 Å². The molecule has 1 atom stereocenters. The van der Waals surface area contributed by atoms with Crippen molar-refractivity contribution in [3.63, 3.8) is 0 Å². The normalized spacial score (nSPS) is 13.4. The van der Waals surface area contributed by atoms with Crippen molar-refractivity contribution in [3.05, 3.63) is 52.4 Å². The third-order valence-corrected chi connectivity index (χ3v) is 5.17. The Morgan fingerprint density at radius 3 is 2.63 bits per heavy atom. The van der Waals surface area contributed by atoms with E-state index in [4.69, 9.17) is 4.42 Å². The van der Waals surface area contributed by atoms with Crippen LogP contribution < -0.4 is 4.72 Å². The van der Waals surface area contributed by atoms with Crippen LogP contribution in [-0.4, -0.2) is 8.42 Å². The van der Waals surface area contributed by atoms with Gasteiger partial charge in [0.1, 0.15) is 5.76 Å².